The number of aryl methyl sites for hydroxylation is 1. The van der Waals surface area contributed by atoms with E-state index in [1.54, 1.807) is 0 Å². The van der Waals surface area contributed by atoms with Crippen LogP contribution in [0.2, 0.25) is 5.02 Å². The molecule has 1 rings (SSSR count). The van der Waals surface area contributed by atoms with Gasteiger partial charge in [0.2, 0.25) is 0 Å². The predicted octanol–water partition coefficient (Wildman–Crippen LogP) is 3.46. The number of ether oxygens (including phenoxy) is 1. The molecule has 0 saturated heterocycles. The summed E-state index contributed by atoms with van der Waals surface area (Å²) in [5.74, 6) is 1.66. The van der Waals surface area contributed by atoms with Gasteiger partial charge in [0, 0.05) is 5.02 Å². The van der Waals surface area contributed by atoms with Gasteiger partial charge < -0.3 is 16.2 Å². The second kappa shape index (κ2) is 8.50. The molecule has 1 atom stereocenters. The zero-order valence-electron chi connectivity index (χ0n) is 12.8. The highest BCUT2D eigenvalue weighted by atomic mass is 35.5. The van der Waals surface area contributed by atoms with Crippen molar-refractivity contribution in [3.05, 3.63) is 28.3 Å². The summed E-state index contributed by atoms with van der Waals surface area (Å²) in [5, 5.41) is 0.791. The smallest absolute Gasteiger partial charge is 0.123 e. The molecule has 0 fully saturated rings. The van der Waals surface area contributed by atoms with Crippen LogP contribution in [0.5, 0.6) is 5.75 Å². The summed E-state index contributed by atoms with van der Waals surface area (Å²) in [5.41, 5.74) is 13.8. The first-order valence-electron chi connectivity index (χ1n) is 7.40. The first-order chi connectivity index (χ1) is 9.57. The van der Waals surface area contributed by atoms with E-state index in [-0.39, 0.29) is 0 Å². The molecule has 4 heteroatoms. The Morgan fingerprint density at radius 3 is 2.35 bits per heavy atom. The van der Waals surface area contributed by atoms with E-state index in [0.29, 0.717) is 31.5 Å². The lowest BCUT2D eigenvalue weighted by atomic mass is 9.86. The first kappa shape index (κ1) is 17.3. The fraction of sp³-hybridized carbons (Fsp3) is 0.625. The van der Waals surface area contributed by atoms with Crippen molar-refractivity contribution >= 4 is 11.6 Å². The number of benzene rings is 1. The average Bonchev–Trinajstić information content (AvgIpc) is 2.45. The zero-order valence-corrected chi connectivity index (χ0v) is 13.5. The highest BCUT2D eigenvalue weighted by molar-refractivity contribution is 6.31. The number of hydrogen-bond donors (Lipinski definition) is 2. The molecular formula is C16H27ClN2O. The Kier molecular flexibility index (Phi) is 7.35. The number of hydrogen-bond acceptors (Lipinski definition) is 3. The summed E-state index contributed by atoms with van der Waals surface area (Å²) >= 11 is 6.29. The monoisotopic (exact) mass is 298 g/mol. The van der Waals surface area contributed by atoms with Crippen molar-refractivity contribution in [2.24, 2.45) is 17.4 Å². The van der Waals surface area contributed by atoms with Crippen molar-refractivity contribution in [2.45, 2.75) is 39.5 Å². The van der Waals surface area contributed by atoms with E-state index in [4.69, 9.17) is 27.8 Å². The molecule has 1 aromatic carbocycles. The summed E-state index contributed by atoms with van der Waals surface area (Å²) in [6.45, 7) is 8.07. The minimum atomic E-state index is 0.342. The van der Waals surface area contributed by atoms with Crippen molar-refractivity contribution in [2.75, 3.05) is 19.7 Å². The van der Waals surface area contributed by atoms with E-state index < -0.39 is 0 Å². The maximum absolute atomic E-state index is 6.29. The van der Waals surface area contributed by atoms with Crippen LogP contribution in [-0.2, 0) is 0 Å². The topological polar surface area (TPSA) is 61.3 Å². The maximum atomic E-state index is 6.29. The largest absolute Gasteiger partial charge is 0.494 e. The molecule has 0 aliphatic rings. The van der Waals surface area contributed by atoms with E-state index in [0.717, 1.165) is 29.2 Å². The molecule has 0 aliphatic heterocycles. The molecule has 0 bridgehead atoms. The summed E-state index contributed by atoms with van der Waals surface area (Å²) < 4.78 is 5.78. The molecule has 0 spiro atoms. The normalized spacial score (nSPS) is 12.8. The quantitative estimate of drug-likeness (QED) is 0.772. The molecule has 1 aromatic rings. The van der Waals surface area contributed by atoms with Crippen LogP contribution >= 0.6 is 11.6 Å². The standard InChI is InChI=1S/C16H27ClN2O/c1-4-13(7-12(9-18)10-19)14-8-15(17)11(3)6-16(14)20-5-2/h6,8,12-13H,4-5,7,9-10,18-19H2,1-3H3. The van der Waals surface area contributed by atoms with Gasteiger partial charge in [-0.3, -0.25) is 0 Å². The van der Waals surface area contributed by atoms with E-state index in [9.17, 15) is 0 Å². The van der Waals surface area contributed by atoms with Gasteiger partial charge in [0.1, 0.15) is 5.75 Å². The lowest BCUT2D eigenvalue weighted by molar-refractivity contribution is 0.329. The molecule has 3 nitrogen and oxygen atoms in total. The summed E-state index contributed by atoms with van der Waals surface area (Å²) in [4.78, 5) is 0. The van der Waals surface area contributed by atoms with Crippen molar-refractivity contribution in [1.82, 2.24) is 0 Å². The Labute approximate surface area is 127 Å². The second-order valence-electron chi connectivity index (χ2n) is 5.25. The molecule has 4 N–H and O–H groups in total. The molecule has 0 aromatic heterocycles. The van der Waals surface area contributed by atoms with Crippen molar-refractivity contribution in [3.8, 4) is 5.75 Å². The summed E-state index contributed by atoms with van der Waals surface area (Å²) in [6.07, 6.45) is 2.00. The summed E-state index contributed by atoms with van der Waals surface area (Å²) in [6, 6.07) is 4.07. The number of nitrogens with two attached hydrogens (primary N) is 2. The van der Waals surface area contributed by atoms with E-state index >= 15 is 0 Å². The van der Waals surface area contributed by atoms with E-state index in [1.165, 1.54) is 5.56 Å². The second-order valence-corrected chi connectivity index (χ2v) is 5.66. The molecule has 0 saturated carbocycles. The van der Waals surface area contributed by atoms with Crippen LogP contribution in [0.15, 0.2) is 12.1 Å². The minimum absolute atomic E-state index is 0.342. The Hall–Kier alpha value is -0.770. The molecule has 0 amide bonds. The van der Waals surface area contributed by atoms with Gasteiger partial charge in [-0.05, 0) is 74.9 Å². The third-order valence-corrected chi connectivity index (χ3v) is 4.22. The molecule has 0 heterocycles. The fourth-order valence-corrected chi connectivity index (χ4v) is 2.65. The molecule has 20 heavy (non-hydrogen) atoms. The first-order valence-corrected chi connectivity index (χ1v) is 7.78. The molecule has 114 valence electrons. The Morgan fingerprint density at radius 1 is 1.20 bits per heavy atom. The van der Waals surface area contributed by atoms with Gasteiger partial charge in [-0.2, -0.15) is 0 Å². The number of rotatable bonds is 8. The fourth-order valence-electron chi connectivity index (χ4n) is 2.47. The lowest BCUT2D eigenvalue weighted by Gasteiger charge is -2.24. The average molecular weight is 299 g/mol. The van der Waals surface area contributed by atoms with Gasteiger partial charge in [-0.25, -0.2) is 0 Å². The molecule has 0 radical (unpaired) electrons. The van der Waals surface area contributed by atoms with Gasteiger partial charge in [-0.15, -0.1) is 0 Å². The third-order valence-electron chi connectivity index (χ3n) is 3.81. The van der Waals surface area contributed by atoms with Crippen LogP contribution in [0.4, 0.5) is 0 Å². The lowest BCUT2D eigenvalue weighted by Crippen LogP contribution is -2.25. The van der Waals surface area contributed by atoms with Crippen LogP contribution < -0.4 is 16.2 Å². The molecule has 0 aliphatic carbocycles. The van der Waals surface area contributed by atoms with Crippen molar-refractivity contribution in [1.29, 1.82) is 0 Å². The van der Waals surface area contributed by atoms with E-state index in [1.807, 2.05) is 26.0 Å². The Morgan fingerprint density at radius 2 is 1.85 bits per heavy atom. The van der Waals surface area contributed by atoms with Crippen LogP contribution in [0.1, 0.15) is 43.7 Å². The van der Waals surface area contributed by atoms with Crippen molar-refractivity contribution < 1.29 is 4.74 Å². The van der Waals surface area contributed by atoms with Crippen molar-refractivity contribution in [3.63, 3.8) is 0 Å². The third kappa shape index (κ3) is 4.37. The predicted molar refractivity (Wildman–Crippen MR) is 86.6 cm³/mol. The van der Waals surface area contributed by atoms with Crippen LogP contribution in [0.25, 0.3) is 0 Å². The van der Waals surface area contributed by atoms with Gasteiger partial charge >= 0.3 is 0 Å². The minimum Gasteiger partial charge on any atom is -0.494 e. The van der Waals surface area contributed by atoms with E-state index in [2.05, 4.69) is 6.92 Å². The van der Waals surface area contributed by atoms with Gasteiger partial charge in [-0.1, -0.05) is 18.5 Å². The molecular weight excluding hydrogens is 272 g/mol. The van der Waals surface area contributed by atoms with Crippen LogP contribution in [0.3, 0.4) is 0 Å². The zero-order chi connectivity index (χ0) is 15.1. The molecule has 1 unspecified atom stereocenters. The highest BCUT2D eigenvalue weighted by Crippen LogP contribution is 2.37. The van der Waals surface area contributed by atoms with Gasteiger partial charge in [0.25, 0.3) is 0 Å². The SMILES string of the molecule is CCOc1cc(C)c(Cl)cc1C(CC)CC(CN)CN. The Balaban J connectivity index is 3.09. The van der Waals surface area contributed by atoms with Crippen LogP contribution in [0, 0.1) is 12.8 Å². The van der Waals surface area contributed by atoms with Gasteiger partial charge in [0.15, 0.2) is 0 Å². The number of halogens is 1. The van der Waals surface area contributed by atoms with Gasteiger partial charge in [0.05, 0.1) is 6.61 Å². The summed E-state index contributed by atoms with van der Waals surface area (Å²) in [7, 11) is 0. The highest BCUT2D eigenvalue weighted by Gasteiger charge is 2.20. The maximum Gasteiger partial charge on any atom is 0.123 e. The van der Waals surface area contributed by atoms with Crippen LogP contribution in [-0.4, -0.2) is 19.7 Å². The Bertz CT molecular complexity index is 419.